The minimum atomic E-state index is -0.0154. The van der Waals surface area contributed by atoms with Gasteiger partial charge in [-0.25, -0.2) is 0 Å². The van der Waals surface area contributed by atoms with E-state index in [1.807, 2.05) is 0 Å². The quantitative estimate of drug-likeness (QED) is 0.888. The minimum Gasteiger partial charge on any atom is -0.496 e. The molecule has 0 aromatic heterocycles. The van der Waals surface area contributed by atoms with E-state index in [0.717, 1.165) is 5.75 Å². The van der Waals surface area contributed by atoms with Crippen molar-refractivity contribution in [2.45, 2.75) is 33.7 Å². The number of benzene rings is 1. The lowest BCUT2D eigenvalue weighted by Crippen LogP contribution is -2.39. The van der Waals surface area contributed by atoms with Gasteiger partial charge in [0.25, 0.3) is 0 Å². The Morgan fingerprint density at radius 1 is 1.21 bits per heavy atom. The highest BCUT2D eigenvalue weighted by Crippen LogP contribution is 2.41. The molecule has 0 heterocycles. The van der Waals surface area contributed by atoms with E-state index < -0.39 is 0 Å². The number of methoxy groups -OCH3 is 1. The highest BCUT2D eigenvalue weighted by Gasteiger charge is 2.33. The Kier molecular flexibility index (Phi) is 4.99. The SMILES string of the molecule is COc1cc(C)c(C)cc1C(N(C)C)C(C)(C)CN. The second-order valence-electron chi connectivity index (χ2n) is 6.24. The number of nitrogens with zero attached hydrogens (tertiary/aromatic N) is 1. The largest absolute Gasteiger partial charge is 0.496 e. The van der Waals surface area contributed by atoms with Gasteiger partial charge >= 0.3 is 0 Å². The van der Waals surface area contributed by atoms with Crippen molar-refractivity contribution in [2.24, 2.45) is 11.1 Å². The van der Waals surface area contributed by atoms with Crippen LogP contribution >= 0.6 is 0 Å². The smallest absolute Gasteiger partial charge is 0.123 e. The number of rotatable bonds is 5. The zero-order valence-electron chi connectivity index (χ0n) is 13.4. The summed E-state index contributed by atoms with van der Waals surface area (Å²) < 4.78 is 5.58. The third kappa shape index (κ3) is 3.28. The van der Waals surface area contributed by atoms with Gasteiger partial charge in [0.15, 0.2) is 0 Å². The molecule has 3 nitrogen and oxygen atoms in total. The lowest BCUT2D eigenvalue weighted by Gasteiger charge is -2.39. The standard InChI is InChI=1S/C16H28N2O/c1-11-8-13(14(19-7)9-12(11)2)15(18(5)6)16(3,4)10-17/h8-9,15H,10,17H2,1-7H3. The summed E-state index contributed by atoms with van der Waals surface area (Å²) in [6, 6.07) is 4.58. The molecule has 0 spiro atoms. The van der Waals surface area contributed by atoms with Crippen LogP contribution in [-0.4, -0.2) is 32.6 Å². The summed E-state index contributed by atoms with van der Waals surface area (Å²) in [7, 11) is 5.92. The topological polar surface area (TPSA) is 38.5 Å². The zero-order chi connectivity index (χ0) is 14.8. The van der Waals surface area contributed by atoms with E-state index in [1.165, 1.54) is 16.7 Å². The monoisotopic (exact) mass is 264 g/mol. The maximum Gasteiger partial charge on any atom is 0.123 e. The molecule has 0 saturated carbocycles. The predicted octanol–water partition coefficient (Wildman–Crippen LogP) is 2.90. The van der Waals surface area contributed by atoms with Crippen LogP contribution in [0, 0.1) is 19.3 Å². The molecule has 1 unspecified atom stereocenters. The molecule has 1 aromatic rings. The fourth-order valence-corrected chi connectivity index (χ4v) is 2.71. The summed E-state index contributed by atoms with van der Waals surface area (Å²) in [5.74, 6) is 0.948. The van der Waals surface area contributed by atoms with Crippen LogP contribution in [0.5, 0.6) is 5.75 Å². The van der Waals surface area contributed by atoms with Gasteiger partial charge in [0, 0.05) is 11.6 Å². The Morgan fingerprint density at radius 3 is 2.16 bits per heavy atom. The van der Waals surface area contributed by atoms with Gasteiger partial charge in [-0.05, 0) is 57.1 Å². The highest BCUT2D eigenvalue weighted by atomic mass is 16.5. The fourth-order valence-electron chi connectivity index (χ4n) is 2.71. The number of hydrogen-bond acceptors (Lipinski definition) is 3. The lowest BCUT2D eigenvalue weighted by atomic mass is 9.79. The molecule has 0 aliphatic carbocycles. The summed E-state index contributed by atoms with van der Waals surface area (Å²) in [5.41, 5.74) is 9.71. The molecule has 2 N–H and O–H groups in total. The summed E-state index contributed by atoms with van der Waals surface area (Å²) in [6.45, 7) is 9.28. The van der Waals surface area contributed by atoms with E-state index >= 15 is 0 Å². The normalized spacial score (nSPS) is 13.7. The van der Waals surface area contributed by atoms with E-state index in [2.05, 4.69) is 58.8 Å². The van der Waals surface area contributed by atoms with Crippen molar-refractivity contribution >= 4 is 0 Å². The highest BCUT2D eigenvalue weighted by molar-refractivity contribution is 5.44. The molecule has 1 rings (SSSR count). The Labute approximate surface area is 117 Å². The first-order valence-corrected chi connectivity index (χ1v) is 6.76. The van der Waals surface area contributed by atoms with Crippen LogP contribution in [0.25, 0.3) is 0 Å². The predicted molar refractivity (Wildman–Crippen MR) is 81.7 cm³/mol. The zero-order valence-corrected chi connectivity index (χ0v) is 13.4. The van der Waals surface area contributed by atoms with Gasteiger partial charge < -0.3 is 15.4 Å². The van der Waals surface area contributed by atoms with Crippen molar-refractivity contribution in [2.75, 3.05) is 27.7 Å². The average molecular weight is 264 g/mol. The van der Waals surface area contributed by atoms with Crippen molar-refractivity contribution in [3.63, 3.8) is 0 Å². The Morgan fingerprint density at radius 2 is 1.74 bits per heavy atom. The van der Waals surface area contributed by atoms with Crippen molar-refractivity contribution in [3.05, 3.63) is 28.8 Å². The molecule has 0 bridgehead atoms. The molecule has 3 heteroatoms. The number of nitrogens with two attached hydrogens (primary N) is 1. The first kappa shape index (κ1) is 16.0. The lowest BCUT2D eigenvalue weighted by molar-refractivity contribution is 0.140. The molecule has 0 aliphatic heterocycles. The molecule has 0 aliphatic rings. The number of aryl methyl sites for hydroxylation is 2. The van der Waals surface area contributed by atoms with Gasteiger partial charge in [0.05, 0.1) is 7.11 Å². The molecule has 1 aromatic carbocycles. The average Bonchev–Trinajstić information content (AvgIpc) is 2.32. The van der Waals surface area contributed by atoms with Gasteiger partial charge in [-0.2, -0.15) is 0 Å². The van der Waals surface area contributed by atoms with Crippen molar-refractivity contribution in [3.8, 4) is 5.75 Å². The van der Waals surface area contributed by atoms with E-state index in [0.29, 0.717) is 6.54 Å². The van der Waals surface area contributed by atoms with Gasteiger partial charge in [0.2, 0.25) is 0 Å². The summed E-state index contributed by atoms with van der Waals surface area (Å²) in [5, 5.41) is 0. The fraction of sp³-hybridized carbons (Fsp3) is 0.625. The molecular weight excluding hydrogens is 236 g/mol. The molecular formula is C16H28N2O. The third-order valence-electron chi connectivity index (χ3n) is 3.92. The molecule has 108 valence electrons. The van der Waals surface area contributed by atoms with Crippen molar-refractivity contribution < 1.29 is 4.74 Å². The minimum absolute atomic E-state index is 0.0154. The van der Waals surface area contributed by atoms with Crippen molar-refractivity contribution in [1.29, 1.82) is 0 Å². The first-order chi connectivity index (χ1) is 8.74. The maximum absolute atomic E-state index is 5.97. The molecule has 19 heavy (non-hydrogen) atoms. The number of ether oxygens (including phenoxy) is 1. The molecule has 0 radical (unpaired) electrons. The number of hydrogen-bond donors (Lipinski definition) is 1. The van der Waals surface area contributed by atoms with Gasteiger partial charge in [-0.1, -0.05) is 19.9 Å². The Hall–Kier alpha value is -1.06. The second kappa shape index (κ2) is 5.93. The Bertz CT molecular complexity index is 439. The van der Waals surface area contributed by atoms with E-state index in [-0.39, 0.29) is 11.5 Å². The first-order valence-electron chi connectivity index (χ1n) is 6.76. The summed E-state index contributed by atoms with van der Waals surface area (Å²) in [4.78, 5) is 2.22. The van der Waals surface area contributed by atoms with Crippen LogP contribution in [0.15, 0.2) is 12.1 Å². The van der Waals surface area contributed by atoms with Crippen molar-refractivity contribution in [1.82, 2.24) is 4.90 Å². The molecule has 0 fully saturated rings. The molecule has 0 saturated heterocycles. The third-order valence-corrected chi connectivity index (χ3v) is 3.92. The van der Waals surface area contributed by atoms with Crippen LogP contribution in [0.2, 0.25) is 0 Å². The van der Waals surface area contributed by atoms with Crippen LogP contribution in [0.3, 0.4) is 0 Å². The van der Waals surface area contributed by atoms with E-state index in [4.69, 9.17) is 10.5 Å². The van der Waals surface area contributed by atoms with Gasteiger partial charge in [-0.15, -0.1) is 0 Å². The van der Waals surface area contributed by atoms with E-state index in [1.54, 1.807) is 7.11 Å². The van der Waals surface area contributed by atoms with Crippen LogP contribution in [-0.2, 0) is 0 Å². The maximum atomic E-state index is 5.97. The summed E-state index contributed by atoms with van der Waals surface area (Å²) >= 11 is 0. The van der Waals surface area contributed by atoms with Crippen LogP contribution in [0.1, 0.15) is 36.6 Å². The van der Waals surface area contributed by atoms with E-state index in [9.17, 15) is 0 Å². The second-order valence-corrected chi connectivity index (χ2v) is 6.24. The van der Waals surface area contributed by atoms with Gasteiger partial charge in [-0.3, -0.25) is 0 Å². The van der Waals surface area contributed by atoms with Gasteiger partial charge in [0.1, 0.15) is 5.75 Å². The Balaban J connectivity index is 3.42. The molecule has 1 atom stereocenters. The van der Waals surface area contributed by atoms with Crippen LogP contribution in [0.4, 0.5) is 0 Å². The summed E-state index contributed by atoms with van der Waals surface area (Å²) in [6.07, 6.45) is 0. The molecule has 0 amide bonds. The van der Waals surface area contributed by atoms with Crippen LogP contribution < -0.4 is 10.5 Å².